The lowest BCUT2D eigenvalue weighted by atomic mass is 10.1. The van der Waals surface area contributed by atoms with Gasteiger partial charge in [-0.25, -0.2) is 4.39 Å². The molecule has 3 aromatic rings. The number of hydrogen-bond acceptors (Lipinski definition) is 3. The van der Waals surface area contributed by atoms with E-state index >= 15 is 0 Å². The van der Waals surface area contributed by atoms with Crippen LogP contribution in [0.3, 0.4) is 0 Å². The average molecular weight is 364 g/mol. The Morgan fingerprint density at radius 1 is 1.11 bits per heavy atom. The molecule has 0 saturated carbocycles. The lowest BCUT2D eigenvalue weighted by Crippen LogP contribution is -2.23. The highest BCUT2D eigenvalue weighted by Crippen LogP contribution is 2.26. The van der Waals surface area contributed by atoms with Crippen LogP contribution >= 0.6 is 0 Å². The van der Waals surface area contributed by atoms with Gasteiger partial charge in [0.25, 0.3) is 5.91 Å². The molecule has 0 atom stereocenters. The lowest BCUT2D eigenvalue weighted by Gasteiger charge is -2.12. The van der Waals surface area contributed by atoms with Crippen molar-refractivity contribution in [1.82, 2.24) is 5.32 Å². The summed E-state index contributed by atoms with van der Waals surface area (Å²) in [6.45, 7) is 6.03. The van der Waals surface area contributed by atoms with Gasteiger partial charge >= 0.3 is 0 Å². The van der Waals surface area contributed by atoms with E-state index in [0.717, 1.165) is 11.1 Å². The molecule has 0 aliphatic rings. The lowest BCUT2D eigenvalue weighted by molar-refractivity contribution is 0.0948. The number of aromatic hydroxyl groups is 1. The summed E-state index contributed by atoms with van der Waals surface area (Å²) < 4.78 is 18.8. The van der Waals surface area contributed by atoms with E-state index in [9.17, 15) is 14.3 Å². The highest BCUT2D eigenvalue weighted by molar-refractivity contribution is 5.96. The number of carbonyl (C=O) groups excluding carboxylic acids is 1. The Balaban J connectivity index is 1.71. The van der Waals surface area contributed by atoms with Crippen LogP contribution in [0.4, 0.5) is 4.39 Å². The van der Waals surface area contributed by atoms with Gasteiger partial charge in [-0.3, -0.25) is 4.79 Å². The number of hydrogen-bond donors (Lipinski definition) is 2. The molecule has 3 rings (SSSR count). The highest BCUT2D eigenvalue weighted by Gasteiger charge is 2.11. The SMILES string of the molecule is [CH2]c1ccc(CNC(=O)c2cc(C)ccc2O)cc1Oc1ccc(F)cc1. The molecule has 1 radical (unpaired) electrons. The maximum atomic E-state index is 13.0. The van der Waals surface area contributed by atoms with Crippen LogP contribution in [0.5, 0.6) is 17.2 Å². The summed E-state index contributed by atoms with van der Waals surface area (Å²) in [5, 5.41) is 12.6. The Kier molecular flexibility index (Phi) is 5.41. The molecular weight excluding hydrogens is 345 g/mol. The third-order valence-electron chi connectivity index (χ3n) is 4.02. The van der Waals surface area contributed by atoms with Crippen LogP contribution in [0.15, 0.2) is 60.7 Å². The number of amides is 1. The van der Waals surface area contributed by atoms with Crippen molar-refractivity contribution in [3.63, 3.8) is 0 Å². The summed E-state index contributed by atoms with van der Waals surface area (Å²) in [5.74, 6) is 0.245. The molecule has 0 saturated heterocycles. The number of aryl methyl sites for hydroxylation is 1. The number of rotatable bonds is 5. The van der Waals surface area contributed by atoms with Gasteiger partial charge in [0.05, 0.1) is 5.56 Å². The molecule has 0 aliphatic carbocycles. The molecular formula is C22H19FNO3. The summed E-state index contributed by atoms with van der Waals surface area (Å²) >= 11 is 0. The normalized spacial score (nSPS) is 10.5. The number of halogens is 1. The first kappa shape index (κ1) is 18.5. The summed E-state index contributed by atoms with van der Waals surface area (Å²) in [4.78, 5) is 12.3. The zero-order valence-electron chi connectivity index (χ0n) is 14.8. The second-order valence-corrected chi connectivity index (χ2v) is 6.20. The Bertz CT molecular complexity index is 968. The minimum atomic E-state index is -0.365. The van der Waals surface area contributed by atoms with E-state index in [1.54, 1.807) is 24.3 Å². The van der Waals surface area contributed by atoms with Crippen LogP contribution in [0.1, 0.15) is 27.0 Å². The number of phenols is 1. The summed E-state index contributed by atoms with van der Waals surface area (Å²) in [6.07, 6.45) is 0. The van der Waals surface area contributed by atoms with Gasteiger partial charge in [-0.15, -0.1) is 0 Å². The quantitative estimate of drug-likeness (QED) is 0.687. The van der Waals surface area contributed by atoms with Crippen LogP contribution in [0.2, 0.25) is 0 Å². The summed E-state index contributed by atoms with van der Waals surface area (Å²) in [7, 11) is 0. The predicted octanol–water partition coefficient (Wildman–Crippen LogP) is 4.74. The Hall–Kier alpha value is -3.34. The van der Waals surface area contributed by atoms with Crippen molar-refractivity contribution in [2.24, 2.45) is 0 Å². The zero-order valence-corrected chi connectivity index (χ0v) is 14.8. The van der Waals surface area contributed by atoms with Crippen LogP contribution < -0.4 is 10.1 Å². The van der Waals surface area contributed by atoms with Crippen LogP contribution in [0, 0.1) is 19.7 Å². The van der Waals surface area contributed by atoms with Crippen molar-refractivity contribution >= 4 is 5.91 Å². The van der Waals surface area contributed by atoms with Crippen LogP contribution in [-0.2, 0) is 6.54 Å². The molecule has 0 aromatic heterocycles. The Morgan fingerprint density at radius 2 is 1.85 bits per heavy atom. The molecule has 0 bridgehead atoms. The topological polar surface area (TPSA) is 58.6 Å². The van der Waals surface area contributed by atoms with E-state index in [-0.39, 0.29) is 29.6 Å². The van der Waals surface area contributed by atoms with E-state index < -0.39 is 0 Å². The molecule has 0 aliphatic heterocycles. The van der Waals surface area contributed by atoms with Crippen LogP contribution in [-0.4, -0.2) is 11.0 Å². The molecule has 0 spiro atoms. The second kappa shape index (κ2) is 7.91. The Labute approximate surface area is 157 Å². The molecule has 2 N–H and O–H groups in total. The molecule has 1 amide bonds. The fraction of sp³-hybridized carbons (Fsp3) is 0.0909. The predicted molar refractivity (Wildman–Crippen MR) is 101 cm³/mol. The van der Waals surface area contributed by atoms with Crippen molar-refractivity contribution in [2.45, 2.75) is 13.5 Å². The number of nitrogens with one attached hydrogen (secondary N) is 1. The van der Waals surface area contributed by atoms with Gasteiger partial charge in [0.15, 0.2) is 0 Å². The van der Waals surface area contributed by atoms with Gasteiger partial charge in [0.2, 0.25) is 0 Å². The number of benzene rings is 3. The zero-order chi connectivity index (χ0) is 19.4. The maximum Gasteiger partial charge on any atom is 0.255 e. The van der Waals surface area contributed by atoms with Gasteiger partial charge in [0.1, 0.15) is 23.1 Å². The largest absolute Gasteiger partial charge is 0.507 e. The van der Waals surface area contributed by atoms with Gasteiger partial charge < -0.3 is 15.2 Å². The third kappa shape index (κ3) is 4.64. The smallest absolute Gasteiger partial charge is 0.255 e. The van der Waals surface area contributed by atoms with Gasteiger partial charge in [0, 0.05) is 6.54 Å². The second-order valence-electron chi connectivity index (χ2n) is 6.20. The molecule has 0 heterocycles. The van der Waals surface area contributed by atoms with E-state index in [4.69, 9.17) is 4.74 Å². The Morgan fingerprint density at radius 3 is 2.59 bits per heavy atom. The molecule has 4 nitrogen and oxygen atoms in total. The average Bonchev–Trinajstić information content (AvgIpc) is 2.66. The van der Waals surface area contributed by atoms with Crippen molar-refractivity contribution in [3.8, 4) is 17.2 Å². The third-order valence-corrected chi connectivity index (χ3v) is 4.02. The van der Waals surface area contributed by atoms with E-state index in [1.807, 2.05) is 13.0 Å². The van der Waals surface area contributed by atoms with Crippen LogP contribution in [0.25, 0.3) is 0 Å². The first-order chi connectivity index (χ1) is 12.9. The van der Waals surface area contributed by atoms with Crippen molar-refractivity contribution < 1.29 is 19.0 Å². The van der Waals surface area contributed by atoms with E-state index in [2.05, 4.69) is 12.2 Å². The minimum Gasteiger partial charge on any atom is -0.507 e. The molecule has 0 fully saturated rings. The maximum absolute atomic E-state index is 13.0. The van der Waals surface area contributed by atoms with E-state index in [1.165, 1.54) is 30.3 Å². The fourth-order valence-corrected chi connectivity index (χ4v) is 2.54. The van der Waals surface area contributed by atoms with Gasteiger partial charge in [-0.1, -0.05) is 23.8 Å². The standard InChI is InChI=1S/C22H19FNO3/c1-14-3-10-20(25)19(11-14)22(26)24-13-16-5-4-15(2)21(12-16)27-18-8-6-17(23)7-9-18/h3-12,25H,2,13H2,1H3,(H,24,26). The van der Waals surface area contributed by atoms with Gasteiger partial charge in [-0.2, -0.15) is 0 Å². The van der Waals surface area contributed by atoms with Gasteiger partial charge in [-0.05, 0) is 67.4 Å². The van der Waals surface area contributed by atoms with Crippen molar-refractivity contribution in [3.05, 3.63) is 95.7 Å². The molecule has 137 valence electrons. The van der Waals surface area contributed by atoms with Crippen molar-refractivity contribution in [2.75, 3.05) is 0 Å². The molecule has 27 heavy (non-hydrogen) atoms. The molecule has 5 heteroatoms. The first-order valence-corrected chi connectivity index (χ1v) is 8.38. The van der Waals surface area contributed by atoms with Crippen molar-refractivity contribution in [1.29, 1.82) is 0 Å². The highest BCUT2D eigenvalue weighted by atomic mass is 19.1. The number of phenolic OH excluding ortho intramolecular Hbond substituents is 1. The monoisotopic (exact) mass is 364 g/mol. The minimum absolute atomic E-state index is 0.0634. The fourth-order valence-electron chi connectivity index (χ4n) is 2.54. The number of carbonyl (C=O) groups is 1. The summed E-state index contributed by atoms with van der Waals surface area (Å²) in [5.41, 5.74) is 2.59. The molecule has 3 aromatic carbocycles. The van der Waals surface area contributed by atoms with E-state index in [0.29, 0.717) is 17.1 Å². The first-order valence-electron chi connectivity index (χ1n) is 8.38. The number of ether oxygens (including phenoxy) is 1. The summed E-state index contributed by atoms with van der Waals surface area (Å²) in [6, 6.07) is 15.9. The molecule has 0 unspecified atom stereocenters.